The number of benzene rings is 2. The molecule has 5 aromatic rings. The Balaban J connectivity index is 1.81. The number of rotatable bonds is 3. The first-order valence-electron chi connectivity index (χ1n) is 9.43. The minimum absolute atomic E-state index is 0.680. The molecule has 0 bridgehead atoms. The Morgan fingerprint density at radius 2 is 1.43 bits per heavy atom. The maximum atomic E-state index is 6.14. The SMILES string of the molecule is Cc1cc(C)n(-c2cnc3c(-c4ccc(Cl)cc4)cnn3c2-c2ccc(Cl)cc2)n1. The van der Waals surface area contributed by atoms with E-state index >= 15 is 0 Å². The summed E-state index contributed by atoms with van der Waals surface area (Å²) in [7, 11) is 0. The third-order valence-corrected chi connectivity index (χ3v) is 5.52. The number of fused-ring (bicyclic) bond motifs is 1. The van der Waals surface area contributed by atoms with Crippen molar-refractivity contribution in [3.8, 4) is 28.1 Å². The molecule has 3 aromatic heterocycles. The molecule has 2 aromatic carbocycles. The minimum Gasteiger partial charge on any atom is -0.234 e. The van der Waals surface area contributed by atoms with Gasteiger partial charge in [0.15, 0.2) is 5.65 Å². The average molecular weight is 434 g/mol. The van der Waals surface area contributed by atoms with Crippen LogP contribution in [0, 0.1) is 13.8 Å². The number of nitrogens with zero attached hydrogens (tertiary/aromatic N) is 5. The van der Waals surface area contributed by atoms with E-state index in [2.05, 4.69) is 10.2 Å². The van der Waals surface area contributed by atoms with E-state index < -0.39 is 0 Å². The standard InChI is InChI=1S/C23H17Cl2N5/c1-14-11-15(2)29(28-14)21-13-26-23-20(16-3-7-18(24)8-4-16)12-27-30(23)22(21)17-5-9-19(25)10-6-17/h3-13H,1-2H3. The molecule has 3 heterocycles. The number of hydrogen-bond donors (Lipinski definition) is 0. The van der Waals surface area contributed by atoms with E-state index in [0.29, 0.717) is 10.0 Å². The van der Waals surface area contributed by atoms with E-state index in [4.69, 9.17) is 28.2 Å². The third-order valence-electron chi connectivity index (χ3n) is 5.02. The third kappa shape index (κ3) is 3.16. The summed E-state index contributed by atoms with van der Waals surface area (Å²) in [5.41, 5.74) is 7.37. The molecule has 0 spiro atoms. The van der Waals surface area contributed by atoms with Crippen LogP contribution in [0.3, 0.4) is 0 Å². The molecule has 0 amide bonds. The van der Waals surface area contributed by atoms with Crippen LogP contribution in [0.1, 0.15) is 11.4 Å². The fourth-order valence-corrected chi connectivity index (χ4v) is 3.91. The smallest absolute Gasteiger partial charge is 0.163 e. The maximum absolute atomic E-state index is 6.14. The van der Waals surface area contributed by atoms with Gasteiger partial charge in [-0.15, -0.1) is 0 Å². The van der Waals surface area contributed by atoms with Crippen LogP contribution >= 0.6 is 23.2 Å². The highest BCUT2D eigenvalue weighted by Crippen LogP contribution is 2.32. The van der Waals surface area contributed by atoms with Crippen molar-refractivity contribution in [1.29, 1.82) is 0 Å². The van der Waals surface area contributed by atoms with E-state index in [0.717, 1.165) is 45.1 Å². The Labute approximate surface area is 183 Å². The number of aryl methyl sites for hydroxylation is 2. The summed E-state index contributed by atoms with van der Waals surface area (Å²) < 4.78 is 3.76. The molecular weight excluding hydrogens is 417 g/mol. The van der Waals surface area contributed by atoms with Gasteiger partial charge in [0, 0.05) is 26.9 Å². The van der Waals surface area contributed by atoms with Crippen molar-refractivity contribution in [2.24, 2.45) is 0 Å². The quantitative estimate of drug-likeness (QED) is 0.341. The Morgan fingerprint density at radius 3 is 2.03 bits per heavy atom. The van der Waals surface area contributed by atoms with Gasteiger partial charge >= 0.3 is 0 Å². The van der Waals surface area contributed by atoms with Gasteiger partial charge in [0.1, 0.15) is 11.4 Å². The van der Waals surface area contributed by atoms with Crippen LogP contribution in [-0.2, 0) is 0 Å². The van der Waals surface area contributed by atoms with Crippen molar-refractivity contribution < 1.29 is 0 Å². The zero-order valence-corrected chi connectivity index (χ0v) is 17.9. The Hall–Kier alpha value is -3.15. The molecule has 0 aliphatic carbocycles. The lowest BCUT2D eigenvalue weighted by molar-refractivity contribution is 0.812. The second-order valence-electron chi connectivity index (χ2n) is 7.14. The van der Waals surface area contributed by atoms with E-state index in [9.17, 15) is 0 Å². The van der Waals surface area contributed by atoms with Crippen molar-refractivity contribution in [2.75, 3.05) is 0 Å². The molecule has 7 heteroatoms. The molecule has 0 atom stereocenters. The fourth-order valence-electron chi connectivity index (χ4n) is 3.66. The second-order valence-corrected chi connectivity index (χ2v) is 8.01. The van der Waals surface area contributed by atoms with Crippen molar-refractivity contribution in [3.63, 3.8) is 0 Å². The zero-order chi connectivity index (χ0) is 20.8. The average Bonchev–Trinajstić information content (AvgIpc) is 3.31. The van der Waals surface area contributed by atoms with Crippen molar-refractivity contribution >= 4 is 28.8 Å². The summed E-state index contributed by atoms with van der Waals surface area (Å²) in [5.74, 6) is 0. The summed E-state index contributed by atoms with van der Waals surface area (Å²) in [6.45, 7) is 4.00. The van der Waals surface area contributed by atoms with Crippen LogP contribution in [0.15, 0.2) is 67.0 Å². The van der Waals surface area contributed by atoms with Gasteiger partial charge in [0.2, 0.25) is 0 Å². The molecule has 0 fully saturated rings. The summed E-state index contributed by atoms with van der Waals surface area (Å²) >= 11 is 12.2. The predicted octanol–water partition coefficient (Wildman–Crippen LogP) is 6.17. The Kier molecular flexibility index (Phi) is 4.57. The molecule has 0 radical (unpaired) electrons. The zero-order valence-electron chi connectivity index (χ0n) is 16.3. The van der Waals surface area contributed by atoms with Crippen LogP contribution in [0.5, 0.6) is 0 Å². The molecule has 30 heavy (non-hydrogen) atoms. The normalized spacial score (nSPS) is 11.3. The van der Waals surface area contributed by atoms with Gasteiger partial charge in [0.25, 0.3) is 0 Å². The summed E-state index contributed by atoms with van der Waals surface area (Å²) in [4.78, 5) is 4.75. The van der Waals surface area contributed by atoms with Gasteiger partial charge in [-0.25, -0.2) is 14.2 Å². The van der Waals surface area contributed by atoms with Crippen molar-refractivity contribution in [3.05, 3.63) is 88.4 Å². The van der Waals surface area contributed by atoms with Crippen LogP contribution in [0.25, 0.3) is 33.7 Å². The molecule has 0 saturated heterocycles. The Morgan fingerprint density at radius 1 is 0.800 bits per heavy atom. The molecule has 0 saturated carbocycles. The van der Waals surface area contributed by atoms with Gasteiger partial charge in [-0.3, -0.25) is 0 Å². The number of hydrogen-bond acceptors (Lipinski definition) is 3. The predicted molar refractivity (Wildman–Crippen MR) is 120 cm³/mol. The lowest BCUT2D eigenvalue weighted by Gasteiger charge is -2.13. The van der Waals surface area contributed by atoms with Gasteiger partial charge in [0.05, 0.1) is 18.1 Å². The highest BCUT2D eigenvalue weighted by atomic mass is 35.5. The Bertz CT molecular complexity index is 1370. The maximum Gasteiger partial charge on any atom is 0.163 e. The van der Waals surface area contributed by atoms with Gasteiger partial charge < -0.3 is 0 Å². The highest BCUT2D eigenvalue weighted by molar-refractivity contribution is 6.30. The fraction of sp³-hybridized carbons (Fsp3) is 0.0870. The highest BCUT2D eigenvalue weighted by Gasteiger charge is 2.19. The molecule has 148 valence electrons. The number of aromatic nitrogens is 5. The minimum atomic E-state index is 0.680. The molecule has 5 rings (SSSR count). The topological polar surface area (TPSA) is 48.0 Å². The monoisotopic (exact) mass is 433 g/mol. The number of halogens is 2. The lowest BCUT2D eigenvalue weighted by atomic mass is 10.1. The second kappa shape index (κ2) is 7.27. The molecule has 0 N–H and O–H groups in total. The first-order chi connectivity index (χ1) is 14.5. The van der Waals surface area contributed by atoms with Crippen LogP contribution in [0.2, 0.25) is 10.0 Å². The van der Waals surface area contributed by atoms with E-state index in [-0.39, 0.29) is 0 Å². The van der Waals surface area contributed by atoms with Crippen LogP contribution < -0.4 is 0 Å². The molecule has 0 aliphatic heterocycles. The van der Waals surface area contributed by atoms with E-state index in [1.807, 2.05) is 90.0 Å². The van der Waals surface area contributed by atoms with Gasteiger partial charge in [-0.1, -0.05) is 47.5 Å². The van der Waals surface area contributed by atoms with E-state index in [1.54, 1.807) is 0 Å². The molecule has 5 nitrogen and oxygen atoms in total. The molecule has 0 unspecified atom stereocenters. The first-order valence-corrected chi connectivity index (χ1v) is 10.2. The summed E-state index contributed by atoms with van der Waals surface area (Å²) in [5, 5.41) is 10.7. The van der Waals surface area contributed by atoms with Crippen LogP contribution in [0.4, 0.5) is 0 Å². The van der Waals surface area contributed by atoms with Gasteiger partial charge in [-0.05, 0) is 49.7 Å². The lowest BCUT2D eigenvalue weighted by Crippen LogP contribution is -2.07. The van der Waals surface area contributed by atoms with Crippen LogP contribution in [-0.4, -0.2) is 24.4 Å². The summed E-state index contributed by atoms with van der Waals surface area (Å²) in [6, 6.07) is 17.4. The van der Waals surface area contributed by atoms with Gasteiger partial charge in [-0.2, -0.15) is 10.2 Å². The largest absolute Gasteiger partial charge is 0.234 e. The first kappa shape index (κ1) is 18.9. The molecule has 0 aliphatic rings. The van der Waals surface area contributed by atoms with Crippen molar-refractivity contribution in [1.82, 2.24) is 24.4 Å². The summed E-state index contributed by atoms with van der Waals surface area (Å²) in [6.07, 6.45) is 3.68. The van der Waals surface area contributed by atoms with Crippen molar-refractivity contribution in [2.45, 2.75) is 13.8 Å². The van der Waals surface area contributed by atoms with E-state index in [1.165, 1.54) is 0 Å². The molecular formula is C23H17Cl2N5.